The van der Waals surface area contributed by atoms with Crippen molar-refractivity contribution in [3.05, 3.63) is 107 Å². The SMILES string of the molecule is CN(C)/C=C(/C=C1\CCCC2=C1OC(N(C)C)C(c1ccccc1)=C2)c1ccccc1. The number of hydrogen-bond donors (Lipinski definition) is 0. The molecular weight excluding hydrogens is 380 g/mol. The number of nitrogens with zero attached hydrogens (tertiary/aromatic N) is 2. The molecule has 0 saturated heterocycles. The average molecular weight is 413 g/mol. The summed E-state index contributed by atoms with van der Waals surface area (Å²) in [5.74, 6) is 1.06. The summed E-state index contributed by atoms with van der Waals surface area (Å²) in [5, 5.41) is 0. The van der Waals surface area contributed by atoms with Crippen molar-refractivity contribution in [1.82, 2.24) is 9.80 Å². The summed E-state index contributed by atoms with van der Waals surface area (Å²) >= 11 is 0. The zero-order chi connectivity index (χ0) is 21.8. The van der Waals surface area contributed by atoms with Gasteiger partial charge in [0.05, 0.1) is 0 Å². The lowest BCUT2D eigenvalue weighted by atomic mass is 9.87. The molecule has 3 heteroatoms. The van der Waals surface area contributed by atoms with Crippen LogP contribution in [0.5, 0.6) is 0 Å². The lowest BCUT2D eigenvalue weighted by Gasteiger charge is -2.36. The minimum Gasteiger partial charge on any atom is -0.470 e. The highest BCUT2D eigenvalue weighted by Crippen LogP contribution is 2.41. The Morgan fingerprint density at radius 2 is 1.58 bits per heavy atom. The molecule has 2 aromatic rings. The highest BCUT2D eigenvalue weighted by molar-refractivity contribution is 5.77. The molecular formula is C28H32N2O. The van der Waals surface area contributed by atoms with E-state index in [0.29, 0.717) is 0 Å². The van der Waals surface area contributed by atoms with E-state index in [1.54, 1.807) is 0 Å². The Morgan fingerprint density at radius 3 is 2.23 bits per heavy atom. The molecule has 0 aromatic heterocycles. The highest BCUT2D eigenvalue weighted by atomic mass is 16.5. The van der Waals surface area contributed by atoms with Gasteiger partial charge < -0.3 is 9.64 Å². The smallest absolute Gasteiger partial charge is 0.179 e. The van der Waals surface area contributed by atoms with Gasteiger partial charge >= 0.3 is 0 Å². The summed E-state index contributed by atoms with van der Waals surface area (Å²) in [6.07, 6.45) is 10.0. The van der Waals surface area contributed by atoms with Crippen molar-refractivity contribution < 1.29 is 4.74 Å². The number of likely N-dealkylation sites (N-methyl/N-ethyl adjacent to an activating group) is 1. The Labute approximate surface area is 186 Å². The van der Waals surface area contributed by atoms with Crippen molar-refractivity contribution in [2.24, 2.45) is 0 Å². The van der Waals surface area contributed by atoms with Gasteiger partial charge in [-0.05, 0) is 73.4 Å². The van der Waals surface area contributed by atoms with E-state index in [4.69, 9.17) is 4.74 Å². The molecule has 0 bridgehead atoms. The van der Waals surface area contributed by atoms with Gasteiger partial charge in [-0.2, -0.15) is 0 Å². The molecule has 1 heterocycles. The first-order valence-electron chi connectivity index (χ1n) is 11.0. The van der Waals surface area contributed by atoms with Crippen LogP contribution < -0.4 is 0 Å². The third-order valence-corrected chi connectivity index (χ3v) is 5.71. The van der Waals surface area contributed by atoms with Crippen LogP contribution in [0.25, 0.3) is 11.1 Å². The molecule has 2 aliphatic rings. The third-order valence-electron chi connectivity index (χ3n) is 5.71. The second-order valence-corrected chi connectivity index (χ2v) is 8.69. The fourth-order valence-electron chi connectivity index (χ4n) is 4.30. The molecule has 0 spiro atoms. The average Bonchev–Trinajstić information content (AvgIpc) is 2.79. The Morgan fingerprint density at radius 1 is 0.903 bits per heavy atom. The van der Waals surface area contributed by atoms with Crippen molar-refractivity contribution in [1.29, 1.82) is 0 Å². The van der Waals surface area contributed by atoms with E-state index in [1.165, 1.54) is 33.4 Å². The van der Waals surface area contributed by atoms with Crippen LogP contribution in [0.4, 0.5) is 0 Å². The van der Waals surface area contributed by atoms with Gasteiger partial charge in [0.25, 0.3) is 0 Å². The summed E-state index contributed by atoms with van der Waals surface area (Å²) in [5.41, 5.74) is 7.48. The second kappa shape index (κ2) is 9.40. The van der Waals surface area contributed by atoms with Crippen molar-refractivity contribution in [2.45, 2.75) is 25.5 Å². The molecule has 0 amide bonds. The normalized spacial score (nSPS) is 20.4. The number of ether oxygens (including phenoxy) is 1. The van der Waals surface area contributed by atoms with Crippen molar-refractivity contribution in [3.63, 3.8) is 0 Å². The van der Waals surface area contributed by atoms with Gasteiger partial charge in [-0.25, -0.2) is 0 Å². The van der Waals surface area contributed by atoms with Crippen LogP contribution in [-0.2, 0) is 4.74 Å². The Bertz CT molecular complexity index is 1030. The Balaban J connectivity index is 1.78. The van der Waals surface area contributed by atoms with E-state index in [0.717, 1.165) is 25.0 Å². The highest BCUT2D eigenvalue weighted by Gasteiger charge is 2.30. The van der Waals surface area contributed by atoms with Gasteiger partial charge in [0.15, 0.2) is 6.23 Å². The third kappa shape index (κ3) is 4.83. The van der Waals surface area contributed by atoms with Crippen molar-refractivity contribution >= 4 is 11.1 Å². The van der Waals surface area contributed by atoms with Crippen LogP contribution in [0.3, 0.4) is 0 Å². The van der Waals surface area contributed by atoms with Crippen LogP contribution >= 0.6 is 0 Å². The Kier molecular flexibility index (Phi) is 6.43. The van der Waals surface area contributed by atoms with Crippen LogP contribution in [-0.4, -0.2) is 44.2 Å². The van der Waals surface area contributed by atoms with Gasteiger partial charge in [-0.3, -0.25) is 4.90 Å². The second-order valence-electron chi connectivity index (χ2n) is 8.69. The molecule has 0 radical (unpaired) electrons. The van der Waals surface area contributed by atoms with E-state index in [-0.39, 0.29) is 6.23 Å². The minimum atomic E-state index is -0.0966. The van der Waals surface area contributed by atoms with Gasteiger partial charge in [-0.1, -0.05) is 60.7 Å². The van der Waals surface area contributed by atoms with Crippen molar-refractivity contribution in [3.8, 4) is 0 Å². The summed E-state index contributed by atoms with van der Waals surface area (Å²) in [7, 11) is 8.31. The molecule has 1 unspecified atom stereocenters. The molecule has 0 saturated carbocycles. The van der Waals surface area contributed by atoms with Crippen LogP contribution in [0, 0.1) is 0 Å². The maximum Gasteiger partial charge on any atom is 0.179 e. The molecule has 0 fully saturated rings. The van der Waals surface area contributed by atoms with Gasteiger partial charge in [0, 0.05) is 25.9 Å². The number of rotatable bonds is 5. The fraction of sp³-hybridized carbons (Fsp3) is 0.286. The Hall–Kier alpha value is -3.04. The quantitative estimate of drug-likeness (QED) is 0.603. The zero-order valence-corrected chi connectivity index (χ0v) is 19.0. The van der Waals surface area contributed by atoms with E-state index in [9.17, 15) is 0 Å². The number of benzene rings is 2. The fourth-order valence-corrected chi connectivity index (χ4v) is 4.30. The van der Waals surface area contributed by atoms with E-state index in [1.807, 2.05) is 0 Å². The molecule has 1 aliphatic carbocycles. The first-order valence-corrected chi connectivity index (χ1v) is 11.0. The molecule has 0 N–H and O–H groups in total. The van der Waals surface area contributed by atoms with Crippen LogP contribution in [0.2, 0.25) is 0 Å². The first-order chi connectivity index (χ1) is 15.0. The maximum atomic E-state index is 6.70. The van der Waals surface area contributed by atoms with E-state index >= 15 is 0 Å². The molecule has 2 aromatic carbocycles. The largest absolute Gasteiger partial charge is 0.470 e. The summed E-state index contributed by atoms with van der Waals surface area (Å²) in [4.78, 5) is 4.26. The molecule has 4 rings (SSSR count). The molecule has 3 nitrogen and oxygen atoms in total. The molecule has 1 atom stereocenters. The number of hydrogen-bond acceptors (Lipinski definition) is 3. The topological polar surface area (TPSA) is 15.7 Å². The molecule has 160 valence electrons. The van der Waals surface area contributed by atoms with Crippen molar-refractivity contribution in [2.75, 3.05) is 28.2 Å². The lowest BCUT2D eigenvalue weighted by Crippen LogP contribution is -2.34. The van der Waals surface area contributed by atoms with E-state index < -0.39 is 0 Å². The van der Waals surface area contributed by atoms with E-state index in [2.05, 4.69) is 117 Å². The van der Waals surface area contributed by atoms with Crippen LogP contribution in [0.1, 0.15) is 30.4 Å². The summed E-state index contributed by atoms with van der Waals surface area (Å²) in [6.45, 7) is 0. The predicted octanol–water partition coefficient (Wildman–Crippen LogP) is 5.96. The minimum absolute atomic E-state index is 0.0966. The monoisotopic (exact) mass is 412 g/mol. The summed E-state index contributed by atoms with van der Waals surface area (Å²) in [6, 6.07) is 21.2. The molecule has 1 aliphatic heterocycles. The lowest BCUT2D eigenvalue weighted by molar-refractivity contribution is 0.0503. The predicted molar refractivity (Wildman–Crippen MR) is 130 cm³/mol. The molecule has 31 heavy (non-hydrogen) atoms. The van der Waals surface area contributed by atoms with Gasteiger partial charge in [-0.15, -0.1) is 0 Å². The van der Waals surface area contributed by atoms with Gasteiger partial charge in [0.2, 0.25) is 0 Å². The van der Waals surface area contributed by atoms with Gasteiger partial charge in [0.1, 0.15) is 5.76 Å². The standard InChI is InChI=1S/C28H32N2O/c1-29(2)20-25(21-12-7-5-8-13-21)18-23-16-11-17-24-19-26(22-14-9-6-10-15-22)28(30(3)4)31-27(23)24/h5-10,12-15,18-20,28H,11,16-17H2,1-4H3/b23-18+,25-20-. The first kappa shape index (κ1) is 21.2. The zero-order valence-electron chi connectivity index (χ0n) is 19.0. The maximum absolute atomic E-state index is 6.70. The summed E-state index contributed by atoms with van der Waals surface area (Å²) < 4.78 is 6.70. The van der Waals surface area contributed by atoms with Crippen LogP contribution in [0.15, 0.2) is 95.9 Å². The number of allylic oxidation sites excluding steroid dienone is 5.